The van der Waals surface area contributed by atoms with Crippen LogP contribution >= 0.6 is 0 Å². The fraction of sp³-hybridized carbons (Fsp3) is 0.600. The summed E-state index contributed by atoms with van der Waals surface area (Å²) in [6.07, 6.45) is -1.32. The molecule has 0 aromatic rings. The zero-order chi connectivity index (χ0) is 12.7. The lowest BCUT2D eigenvalue weighted by Crippen LogP contribution is -2.65. The Bertz CT molecular complexity index is 390. The number of methoxy groups -OCH3 is 1. The van der Waals surface area contributed by atoms with Gasteiger partial charge in [0.05, 0.1) is 18.1 Å². The number of ether oxygens (including phenoxy) is 2. The molecule has 7 nitrogen and oxygen atoms in total. The monoisotopic (exact) mass is 243 g/mol. The summed E-state index contributed by atoms with van der Waals surface area (Å²) in [6, 6.07) is -0.387. The molecule has 0 radical (unpaired) electrons. The summed E-state index contributed by atoms with van der Waals surface area (Å²) in [5, 5.41) is 18.0. The van der Waals surface area contributed by atoms with E-state index in [4.69, 9.17) is 9.84 Å². The quantitative estimate of drug-likeness (QED) is 0.524. The first-order valence-electron chi connectivity index (χ1n) is 5.14. The second-order valence-electron chi connectivity index (χ2n) is 4.04. The number of aliphatic hydroxyl groups is 1. The Morgan fingerprint density at radius 1 is 1.59 bits per heavy atom. The maximum absolute atomic E-state index is 11.7. The number of β-lactam (4-membered cyclic amide) rings is 1. The van der Waals surface area contributed by atoms with E-state index in [1.165, 1.54) is 25.0 Å². The number of carbonyl (C=O) groups excluding carboxylic acids is 1. The number of aliphatic hydroxyl groups excluding tert-OH is 1. The zero-order valence-corrected chi connectivity index (χ0v) is 9.36. The standard InChI is InChI=1S/C10H13NO6/c1-4(12)7-8-5(16-2)3-6(17-10(14)15)11(8)9(7)13/h3-5,7-8,12H,1-2H3,(H,14,15)/t4-,5+,7-,8-/m1/s1. The van der Waals surface area contributed by atoms with Gasteiger partial charge in [-0.15, -0.1) is 0 Å². The van der Waals surface area contributed by atoms with Crippen LogP contribution < -0.4 is 0 Å². The van der Waals surface area contributed by atoms with Crippen molar-refractivity contribution in [3.8, 4) is 0 Å². The van der Waals surface area contributed by atoms with Crippen LogP contribution in [-0.4, -0.2) is 52.5 Å². The minimum absolute atomic E-state index is 0.0451. The van der Waals surface area contributed by atoms with E-state index in [0.717, 1.165) is 0 Å². The van der Waals surface area contributed by atoms with Crippen LogP contribution in [0.15, 0.2) is 12.0 Å². The van der Waals surface area contributed by atoms with Gasteiger partial charge in [-0.25, -0.2) is 4.79 Å². The van der Waals surface area contributed by atoms with Crippen LogP contribution in [0.5, 0.6) is 0 Å². The first-order valence-corrected chi connectivity index (χ1v) is 5.14. The van der Waals surface area contributed by atoms with Crippen LogP contribution in [0, 0.1) is 5.92 Å². The van der Waals surface area contributed by atoms with Crippen LogP contribution in [-0.2, 0) is 14.3 Å². The molecule has 17 heavy (non-hydrogen) atoms. The molecule has 2 rings (SSSR count). The number of rotatable bonds is 3. The molecule has 0 aliphatic carbocycles. The predicted octanol–water partition coefficient (Wildman–Crippen LogP) is -0.241. The van der Waals surface area contributed by atoms with Gasteiger partial charge in [0, 0.05) is 13.2 Å². The number of nitrogens with zero attached hydrogens (tertiary/aromatic N) is 1. The summed E-state index contributed by atoms with van der Waals surface area (Å²) < 4.78 is 9.63. The van der Waals surface area contributed by atoms with Gasteiger partial charge in [-0.3, -0.25) is 9.69 Å². The number of carbonyl (C=O) groups is 2. The van der Waals surface area contributed by atoms with Crippen molar-refractivity contribution in [3.05, 3.63) is 12.0 Å². The average molecular weight is 243 g/mol. The van der Waals surface area contributed by atoms with E-state index in [9.17, 15) is 14.7 Å². The first kappa shape index (κ1) is 11.9. The van der Waals surface area contributed by atoms with Crippen LogP contribution in [0.3, 0.4) is 0 Å². The summed E-state index contributed by atoms with van der Waals surface area (Å²) in [7, 11) is 1.45. The smallest absolute Gasteiger partial charge is 0.449 e. The SMILES string of the molecule is CO[C@H]1C=C(OC(=O)O)N2C(=O)[C@H]([C@@H](C)O)[C@@H]12. The van der Waals surface area contributed by atoms with Crippen LogP contribution in [0.4, 0.5) is 4.79 Å². The maximum Gasteiger partial charge on any atom is 0.512 e. The maximum atomic E-state index is 11.7. The van der Waals surface area contributed by atoms with Gasteiger partial charge < -0.3 is 19.7 Å². The molecular formula is C10H13NO6. The summed E-state index contributed by atoms with van der Waals surface area (Å²) >= 11 is 0. The molecule has 2 N–H and O–H groups in total. The third-order valence-corrected chi connectivity index (χ3v) is 3.05. The molecule has 0 spiro atoms. The van der Waals surface area contributed by atoms with Gasteiger partial charge in [-0.05, 0) is 6.92 Å². The van der Waals surface area contributed by atoms with E-state index in [1.807, 2.05) is 0 Å². The first-order chi connectivity index (χ1) is 7.97. The second kappa shape index (κ2) is 4.01. The third kappa shape index (κ3) is 1.67. The van der Waals surface area contributed by atoms with E-state index in [1.54, 1.807) is 0 Å². The highest BCUT2D eigenvalue weighted by Gasteiger charge is 2.58. The van der Waals surface area contributed by atoms with Crippen molar-refractivity contribution in [2.45, 2.75) is 25.2 Å². The highest BCUT2D eigenvalue weighted by Crippen LogP contribution is 2.41. The molecule has 2 aliphatic heterocycles. The average Bonchev–Trinajstić information content (AvgIpc) is 2.49. The molecule has 2 aliphatic rings. The van der Waals surface area contributed by atoms with Gasteiger partial charge in [0.2, 0.25) is 11.8 Å². The molecule has 1 fully saturated rings. The fourth-order valence-corrected chi connectivity index (χ4v) is 2.33. The van der Waals surface area contributed by atoms with Crippen molar-refractivity contribution < 1.29 is 29.3 Å². The molecular weight excluding hydrogens is 230 g/mol. The topological polar surface area (TPSA) is 96.3 Å². The molecule has 2 heterocycles. The molecule has 0 unspecified atom stereocenters. The number of carboxylic acid groups (broad SMARTS) is 1. The molecule has 1 amide bonds. The Morgan fingerprint density at radius 3 is 2.71 bits per heavy atom. The van der Waals surface area contributed by atoms with Gasteiger partial charge in [-0.1, -0.05) is 0 Å². The van der Waals surface area contributed by atoms with Gasteiger partial charge in [0.1, 0.15) is 6.10 Å². The lowest BCUT2D eigenvalue weighted by atomic mass is 9.82. The summed E-state index contributed by atoms with van der Waals surface area (Å²) in [5.74, 6) is -0.973. The summed E-state index contributed by atoms with van der Waals surface area (Å²) in [5.41, 5.74) is 0. The molecule has 0 aromatic heterocycles. The summed E-state index contributed by atoms with van der Waals surface area (Å²) in [6.45, 7) is 1.52. The summed E-state index contributed by atoms with van der Waals surface area (Å²) in [4.78, 5) is 23.4. The predicted molar refractivity (Wildman–Crippen MR) is 53.8 cm³/mol. The van der Waals surface area contributed by atoms with Crippen LogP contribution in [0.1, 0.15) is 6.92 Å². The molecule has 7 heteroatoms. The Labute approximate surface area is 97.2 Å². The van der Waals surface area contributed by atoms with Crippen molar-refractivity contribution >= 4 is 12.1 Å². The van der Waals surface area contributed by atoms with Crippen LogP contribution in [0.25, 0.3) is 0 Å². The number of hydrogen-bond acceptors (Lipinski definition) is 5. The van der Waals surface area contributed by atoms with E-state index in [0.29, 0.717) is 0 Å². The van der Waals surface area contributed by atoms with Gasteiger partial charge in [0.15, 0.2) is 0 Å². The van der Waals surface area contributed by atoms with E-state index in [2.05, 4.69) is 4.74 Å². The number of amides is 1. The highest BCUT2D eigenvalue weighted by atomic mass is 16.7. The third-order valence-electron chi connectivity index (χ3n) is 3.05. The normalized spacial score (nSPS) is 32.6. The minimum Gasteiger partial charge on any atom is -0.449 e. The Balaban J connectivity index is 2.20. The number of hydrogen-bond donors (Lipinski definition) is 2. The Hall–Kier alpha value is -1.60. The second-order valence-corrected chi connectivity index (χ2v) is 4.04. The largest absolute Gasteiger partial charge is 0.512 e. The van der Waals surface area contributed by atoms with Crippen molar-refractivity contribution in [2.24, 2.45) is 5.92 Å². The number of fused-ring (bicyclic) bond motifs is 1. The van der Waals surface area contributed by atoms with E-state index in [-0.39, 0.29) is 17.8 Å². The molecule has 4 atom stereocenters. The lowest BCUT2D eigenvalue weighted by Gasteiger charge is -2.45. The zero-order valence-electron chi connectivity index (χ0n) is 9.36. The fourth-order valence-electron chi connectivity index (χ4n) is 2.33. The minimum atomic E-state index is -1.49. The molecule has 94 valence electrons. The Morgan fingerprint density at radius 2 is 2.24 bits per heavy atom. The van der Waals surface area contributed by atoms with Gasteiger partial charge in [0.25, 0.3) is 0 Å². The lowest BCUT2D eigenvalue weighted by molar-refractivity contribution is -0.167. The van der Waals surface area contributed by atoms with Crippen LogP contribution in [0.2, 0.25) is 0 Å². The van der Waals surface area contributed by atoms with E-state index >= 15 is 0 Å². The molecule has 0 saturated carbocycles. The van der Waals surface area contributed by atoms with Gasteiger partial charge >= 0.3 is 6.16 Å². The molecule has 1 saturated heterocycles. The van der Waals surface area contributed by atoms with Gasteiger partial charge in [-0.2, -0.15) is 0 Å². The Kier molecular flexibility index (Phi) is 2.80. The molecule has 0 aromatic carbocycles. The highest BCUT2D eigenvalue weighted by molar-refractivity contribution is 5.89. The van der Waals surface area contributed by atoms with Crippen molar-refractivity contribution in [3.63, 3.8) is 0 Å². The van der Waals surface area contributed by atoms with Crippen molar-refractivity contribution in [2.75, 3.05) is 7.11 Å². The van der Waals surface area contributed by atoms with Crippen molar-refractivity contribution in [1.29, 1.82) is 0 Å². The van der Waals surface area contributed by atoms with Crippen molar-refractivity contribution in [1.82, 2.24) is 4.90 Å². The molecule has 0 bridgehead atoms. The van der Waals surface area contributed by atoms with E-state index < -0.39 is 24.3 Å².